The van der Waals surface area contributed by atoms with E-state index in [4.69, 9.17) is 16.1 Å². The zero-order chi connectivity index (χ0) is 12.5. The first-order chi connectivity index (χ1) is 8.75. The van der Waals surface area contributed by atoms with Crippen LogP contribution in [0.3, 0.4) is 0 Å². The minimum atomic E-state index is 0.214. The Morgan fingerprint density at radius 1 is 1.44 bits per heavy atom. The number of hydrogen-bond acceptors (Lipinski definition) is 4. The summed E-state index contributed by atoms with van der Waals surface area (Å²) in [6.45, 7) is 2.97. The van der Waals surface area contributed by atoms with Crippen molar-refractivity contribution in [2.75, 3.05) is 6.54 Å². The minimum Gasteiger partial charge on any atom is -0.334 e. The van der Waals surface area contributed by atoms with Gasteiger partial charge in [-0.3, -0.25) is 0 Å². The summed E-state index contributed by atoms with van der Waals surface area (Å²) in [5, 5.41) is 8.06. The van der Waals surface area contributed by atoms with E-state index in [1.807, 2.05) is 25.1 Å². The smallest absolute Gasteiger partial charge is 0.259 e. The summed E-state index contributed by atoms with van der Waals surface area (Å²) >= 11 is 6.25. The molecule has 1 saturated heterocycles. The van der Waals surface area contributed by atoms with Gasteiger partial charge in [-0.1, -0.05) is 28.9 Å². The molecule has 1 N–H and O–H groups in total. The van der Waals surface area contributed by atoms with E-state index < -0.39 is 0 Å². The molecule has 3 rings (SSSR count). The maximum Gasteiger partial charge on any atom is 0.259 e. The standard InChI is InChI=1S/C13H14ClN3O/c1-8-4-2-5-9(11(8)14)13-16-12(17-18-13)10-6-3-7-15-10/h2,4-5,10,15H,3,6-7H2,1H3. The lowest BCUT2D eigenvalue weighted by molar-refractivity contribution is 0.412. The number of aromatic nitrogens is 2. The Hall–Kier alpha value is -1.39. The van der Waals surface area contributed by atoms with E-state index in [0.29, 0.717) is 10.9 Å². The summed E-state index contributed by atoms with van der Waals surface area (Å²) in [4.78, 5) is 4.44. The van der Waals surface area contributed by atoms with Crippen molar-refractivity contribution in [2.24, 2.45) is 0 Å². The molecule has 1 fully saturated rings. The lowest BCUT2D eigenvalue weighted by Gasteiger charge is -2.02. The Morgan fingerprint density at radius 3 is 3.11 bits per heavy atom. The van der Waals surface area contributed by atoms with Gasteiger partial charge in [-0.25, -0.2) is 0 Å². The molecule has 1 atom stereocenters. The molecule has 0 spiro atoms. The Balaban J connectivity index is 1.95. The van der Waals surface area contributed by atoms with Gasteiger partial charge in [0.15, 0.2) is 5.82 Å². The minimum absolute atomic E-state index is 0.214. The second-order valence-electron chi connectivity index (χ2n) is 4.54. The van der Waals surface area contributed by atoms with Gasteiger partial charge in [0.1, 0.15) is 0 Å². The lowest BCUT2D eigenvalue weighted by atomic mass is 10.1. The molecular weight excluding hydrogens is 250 g/mol. The number of aryl methyl sites for hydroxylation is 1. The number of hydrogen-bond donors (Lipinski definition) is 1. The normalized spacial score (nSPS) is 19.3. The molecule has 0 amide bonds. The molecule has 94 valence electrons. The molecule has 0 radical (unpaired) electrons. The zero-order valence-electron chi connectivity index (χ0n) is 10.1. The number of halogens is 1. The average Bonchev–Trinajstić information content (AvgIpc) is 3.01. The van der Waals surface area contributed by atoms with Crippen LogP contribution < -0.4 is 5.32 Å². The highest BCUT2D eigenvalue weighted by Crippen LogP contribution is 2.30. The first kappa shape index (κ1) is 11.7. The van der Waals surface area contributed by atoms with Gasteiger partial charge in [0.2, 0.25) is 0 Å². The fraction of sp³-hybridized carbons (Fsp3) is 0.385. The van der Waals surface area contributed by atoms with E-state index in [1.165, 1.54) is 0 Å². The fourth-order valence-electron chi connectivity index (χ4n) is 2.20. The Morgan fingerprint density at radius 2 is 2.33 bits per heavy atom. The lowest BCUT2D eigenvalue weighted by Crippen LogP contribution is -2.14. The van der Waals surface area contributed by atoms with E-state index in [1.54, 1.807) is 0 Å². The van der Waals surface area contributed by atoms with Crippen molar-refractivity contribution in [1.29, 1.82) is 0 Å². The van der Waals surface area contributed by atoms with Gasteiger partial charge in [0.25, 0.3) is 5.89 Å². The van der Waals surface area contributed by atoms with E-state index in [-0.39, 0.29) is 6.04 Å². The van der Waals surface area contributed by atoms with Crippen LogP contribution in [0.4, 0.5) is 0 Å². The Labute approximate surface area is 110 Å². The molecule has 5 heteroatoms. The highest BCUT2D eigenvalue weighted by Gasteiger charge is 2.22. The molecule has 18 heavy (non-hydrogen) atoms. The molecule has 0 aliphatic carbocycles. The summed E-state index contributed by atoms with van der Waals surface area (Å²) in [5.74, 6) is 1.22. The topological polar surface area (TPSA) is 51.0 Å². The number of benzene rings is 1. The third-order valence-electron chi connectivity index (χ3n) is 3.24. The van der Waals surface area contributed by atoms with Crippen LogP contribution in [-0.4, -0.2) is 16.7 Å². The maximum absolute atomic E-state index is 6.25. The number of nitrogens with one attached hydrogen (secondary N) is 1. The van der Waals surface area contributed by atoms with E-state index in [0.717, 1.165) is 36.3 Å². The van der Waals surface area contributed by atoms with E-state index in [2.05, 4.69) is 15.5 Å². The molecule has 1 unspecified atom stereocenters. The number of nitrogens with zero attached hydrogens (tertiary/aromatic N) is 2. The van der Waals surface area contributed by atoms with Gasteiger partial charge in [-0.2, -0.15) is 4.98 Å². The van der Waals surface area contributed by atoms with Crippen molar-refractivity contribution < 1.29 is 4.52 Å². The monoisotopic (exact) mass is 263 g/mol. The molecule has 1 aliphatic heterocycles. The van der Waals surface area contributed by atoms with Gasteiger partial charge in [0, 0.05) is 0 Å². The molecule has 2 aromatic rings. The Bertz CT molecular complexity index is 561. The van der Waals surface area contributed by atoms with Crippen molar-refractivity contribution >= 4 is 11.6 Å². The van der Waals surface area contributed by atoms with Crippen LogP contribution in [0.2, 0.25) is 5.02 Å². The third kappa shape index (κ3) is 2.02. The van der Waals surface area contributed by atoms with Crippen LogP contribution in [0, 0.1) is 6.92 Å². The van der Waals surface area contributed by atoms with Crippen molar-refractivity contribution in [3.05, 3.63) is 34.6 Å². The summed E-state index contributed by atoms with van der Waals surface area (Å²) in [6.07, 6.45) is 2.21. The van der Waals surface area contributed by atoms with Gasteiger partial charge in [-0.05, 0) is 37.9 Å². The molecule has 1 aliphatic rings. The third-order valence-corrected chi connectivity index (χ3v) is 3.74. The second-order valence-corrected chi connectivity index (χ2v) is 4.92. The molecular formula is C13H14ClN3O. The summed E-state index contributed by atoms with van der Waals surface area (Å²) in [7, 11) is 0. The van der Waals surface area contributed by atoms with Crippen LogP contribution in [0.15, 0.2) is 22.7 Å². The number of rotatable bonds is 2. The molecule has 1 aromatic carbocycles. The highest BCUT2D eigenvalue weighted by molar-refractivity contribution is 6.33. The molecule has 0 saturated carbocycles. The van der Waals surface area contributed by atoms with Gasteiger partial charge >= 0.3 is 0 Å². The largest absolute Gasteiger partial charge is 0.334 e. The first-order valence-electron chi connectivity index (χ1n) is 6.08. The van der Waals surface area contributed by atoms with Crippen LogP contribution in [-0.2, 0) is 0 Å². The van der Waals surface area contributed by atoms with Crippen molar-refractivity contribution in [3.63, 3.8) is 0 Å². The summed E-state index contributed by atoms with van der Waals surface area (Å²) in [6, 6.07) is 6.01. The van der Waals surface area contributed by atoms with Crippen LogP contribution in [0.1, 0.15) is 30.3 Å². The maximum atomic E-state index is 6.25. The van der Waals surface area contributed by atoms with E-state index in [9.17, 15) is 0 Å². The molecule has 4 nitrogen and oxygen atoms in total. The van der Waals surface area contributed by atoms with Gasteiger partial charge < -0.3 is 9.84 Å². The predicted molar refractivity (Wildman–Crippen MR) is 69.5 cm³/mol. The van der Waals surface area contributed by atoms with E-state index >= 15 is 0 Å². The van der Waals surface area contributed by atoms with Crippen molar-refractivity contribution in [1.82, 2.24) is 15.5 Å². The summed E-state index contributed by atoms with van der Waals surface area (Å²) < 4.78 is 5.31. The van der Waals surface area contributed by atoms with Crippen LogP contribution in [0.25, 0.3) is 11.5 Å². The van der Waals surface area contributed by atoms with Gasteiger partial charge in [0.05, 0.1) is 16.6 Å². The molecule has 0 bridgehead atoms. The Kier molecular flexibility index (Phi) is 3.06. The summed E-state index contributed by atoms with van der Waals surface area (Å²) in [5.41, 5.74) is 1.81. The molecule has 1 aromatic heterocycles. The van der Waals surface area contributed by atoms with Crippen molar-refractivity contribution in [2.45, 2.75) is 25.8 Å². The van der Waals surface area contributed by atoms with Gasteiger partial charge in [-0.15, -0.1) is 0 Å². The van der Waals surface area contributed by atoms with Crippen LogP contribution in [0.5, 0.6) is 0 Å². The van der Waals surface area contributed by atoms with Crippen LogP contribution >= 0.6 is 11.6 Å². The fourth-order valence-corrected chi connectivity index (χ4v) is 2.41. The molecule has 2 heterocycles. The SMILES string of the molecule is Cc1cccc(-c2nc(C3CCCN3)no2)c1Cl. The van der Waals surface area contributed by atoms with Crippen molar-refractivity contribution in [3.8, 4) is 11.5 Å². The highest BCUT2D eigenvalue weighted by atomic mass is 35.5. The zero-order valence-corrected chi connectivity index (χ0v) is 10.9. The predicted octanol–water partition coefficient (Wildman–Crippen LogP) is 3.12. The quantitative estimate of drug-likeness (QED) is 0.904. The first-order valence-corrected chi connectivity index (χ1v) is 6.46. The average molecular weight is 264 g/mol. The second kappa shape index (κ2) is 4.71.